The molecule has 0 spiro atoms. The van der Waals surface area contributed by atoms with Gasteiger partial charge in [0.25, 0.3) is 5.56 Å². The van der Waals surface area contributed by atoms with Crippen molar-refractivity contribution < 1.29 is 14.6 Å². The average Bonchev–Trinajstić information content (AvgIpc) is 3.86. The van der Waals surface area contributed by atoms with E-state index in [-0.39, 0.29) is 49.6 Å². The van der Waals surface area contributed by atoms with Crippen LogP contribution in [0, 0.1) is 67.5 Å². The molecule has 2 aromatic rings. The number of nitrogens with zero attached hydrogens (tertiary/aromatic N) is 2. The topological polar surface area (TPSA) is 73.5 Å². The molecule has 61 heavy (non-hydrogen) atoms. The zero-order valence-electron chi connectivity index (χ0n) is 40.6. The van der Waals surface area contributed by atoms with E-state index in [1.807, 2.05) is 4.68 Å². The molecule has 6 heteroatoms. The van der Waals surface area contributed by atoms with Gasteiger partial charge in [-0.25, -0.2) is 4.68 Å². The quantitative estimate of drug-likeness (QED) is 0.181. The number of carboxylic acid groups (broad SMARTS) is 1. The summed E-state index contributed by atoms with van der Waals surface area (Å²) in [5, 5.41) is 9.85. The molecule has 1 heterocycles. The third-order valence-electron chi connectivity index (χ3n) is 19.6. The van der Waals surface area contributed by atoms with Crippen LogP contribution in [-0.2, 0) is 21.5 Å². The normalized spacial score (nSPS) is 37.1. The second-order valence-electron chi connectivity index (χ2n) is 25.3. The molecule has 0 radical (unpaired) electrons. The molecule has 5 fully saturated rings. The van der Waals surface area contributed by atoms with Crippen LogP contribution >= 0.6 is 0 Å². The number of para-hydroxylation sites is 1. The number of carbonyl (C=O) groups is 1. The molecular weight excluding hydrogens is 753 g/mol. The Kier molecular flexibility index (Phi) is 10.6. The predicted molar refractivity (Wildman–Crippen MR) is 249 cm³/mol. The number of allylic oxidation sites excluding steroid dienone is 3. The fraction of sp³-hybridized carbons (Fsp3) is 0.745. The fourth-order valence-corrected chi connectivity index (χ4v) is 16.1. The molecule has 6 nitrogen and oxygen atoms in total. The summed E-state index contributed by atoms with van der Waals surface area (Å²) in [6.45, 7) is 36.4. The van der Waals surface area contributed by atoms with Crippen molar-refractivity contribution >= 4 is 5.97 Å². The SMILES string of the molecule is C=C(CC(C)(C)C(=O)O)OC1CCC2(C)C(CCC3(C)C2CCC2(C)C4=C(C(C)C)C(C5CC5)CC4(c4cc(=O)n(-c5ccccc5)n4CCC(C)(C)C)CCC23C)C1(C)C. The Labute approximate surface area is 369 Å². The van der Waals surface area contributed by atoms with Crippen molar-refractivity contribution in [2.45, 2.75) is 192 Å². The van der Waals surface area contributed by atoms with Gasteiger partial charge in [0, 0.05) is 29.9 Å². The monoisotopic (exact) mass is 835 g/mol. The first-order valence-electron chi connectivity index (χ1n) is 24.5. The first-order chi connectivity index (χ1) is 28.3. The molecule has 6 aliphatic carbocycles. The summed E-state index contributed by atoms with van der Waals surface area (Å²) >= 11 is 0. The smallest absolute Gasteiger partial charge is 0.309 e. The lowest BCUT2D eigenvalue weighted by molar-refractivity contribution is -0.246. The molecule has 5 saturated carbocycles. The van der Waals surface area contributed by atoms with E-state index in [9.17, 15) is 14.7 Å². The van der Waals surface area contributed by atoms with E-state index in [1.54, 1.807) is 25.0 Å². The third-order valence-corrected chi connectivity index (χ3v) is 19.6. The molecule has 6 aliphatic rings. The highest BCUT2D eigenvalue weighted by Crippen LogP contribution is 2.81. The van der Waals surface area contributed by atoms with Crippen molar-refractivity contribution in [1.82, 2.24) is 9.36 Å². The van der Waals surface area contributed by atoms with Gasteiger partial charge in [-0.15, -0.1) is 0 Å². The van der Waals surface area contributed by atoms with Crippen molar-refractivity contribution in [2.24, 2.45) is 67.5 Å². The van der Waals surface area contributed by atoms with Gasteiger partial charge in [-0.3, -0.25) is 14.3 Å². The summed E-state index contributed by atoms with van der Waals surface area (Å²) < 4.78 is 11.2. The van der Waals surface area contributed by atoms with Crippen molar-refractivity contribution in [3.63, 3.8) is 0 Å². The Morgan fingerprint density at radius 2 is 1.54 bits per heavy atom. The maximum absolute atomic E-state index is 14.6. The number of fused-ring (bicyclic) bond motifs is 7. The molecule has 0 bridgehead atoms. The van der Waals surface area contributed by atoms with Gasteiger partial charge in [0.1, 0.15) is 6.10 Å². The van der Waals surface area contributed by atoms with Crippen LogP contribution in [0.5, 0.6) is 0 Å². The van der Waals surface area contributed by atoms with E-state index >= 15 is 0 Å². The Hall–Kier alpha value is -3.02. The van der Waals surface area contributed by atoms with Crippen molar-refractivity contribution in [1.29, 1.82) is 0 Å². The van der Waals surface area contributed by atoms with Crippen LogP contribution in [0.2, 0.25) is 0 Å². The minimum atomic E-state index is -0.905. The first kappa shape index (κ1) is 44.6. The predicted octanol–water partition coefficient (Wildman–Crippen LogP) is 13.6. The van der Waals surface area contributed by atoms with Gasteiger partial charge in [0.05, 0.1) is 22.6 Å². The Morgan fingerprint density at radius 1 is 0.885 bits per heavy atom. The van der Waals surface area contributed by atoms with E-state index < -0.39 is 11.4 Å². The highest BCUT2D eigenvalue weighted by molar-refractivity contribution is 5.73. The number of hydrogen-bond acceptors (Lipinski definition) is 3. The van der Waals surface area contributed by atoms with Gasteiger partial charge in [-0.1, -0.05) is 112 Å². The lowest BCUT2D eigenvalue weighted by atomic mass is 9.30. The van der Waals surface area contributed by atoms with Crippen LogP contribution in [0.15, 0.2) is 64.7 Å². The maximum atomic E-state index is 14.6. The van der Waals surface area contributed by atoms with Gasteiger partial charge < -0.3 is 9.84 Å². The van der Waals surface area contributed by atoms with Crippen LogP contribution < -0.4 is 5.56 Å². The molecule has 1 aromatic carbocycles. The molecule has 0 amide bonds. The second kappa shape index (κ2) is 14.5. The van der Waals surface area contributed by atoms with Gasteiger partial charge in [0.2, 0.25) is 0 Å². The second-order valence-corrected chi connectivity index (χ2v) is 25.3. The van der Waals surface area contributed by atoms with Crippen molar-refractivity contribution in [3.05, 3.63) is 75.9 Å². The molecular formula is C55H82N2O4. The minimum absolute atomic E-state index is 0.00715. The zero-order valence-corrected chi connectivity index (χ0v) is 40.6. The summed E-state index contributed by atoms with van der Waals surface area (Å²) in [4.78, 5) is 26.6. The summed E-state index contributed by atoms with van der Waals surface area (Å²) in [6, 6.07) is 12.5. The fourth-order valence-electron chi connectivity index (χ4n) is 16.1. The van der Waals surface area contributed by atoms with E-state index in [0.717, 1.165) is 50.3 Å². The standard InChI is InChI=1S/C55H82N2O4/c1-35(2)45-39(37-20-21-37)34-55(42-32-44(58)57(38-18-16-15-17-19-38)56(42)31-30-48(4,5)6)29-28-54(14)52(12)26-22-40-50(9,10)43(61-36(3)33-49(7,8)47(59)60)24-25-51(40,11)41(52)23-27-53(54,13)46(45)55/h15-19,32,35,37,39-41,43H,3,20-31,33-34H2,1-2,4-14H3,(H,59,60). The number of rotatable bonds is 11. The lowest BCUT2D eigenvalue weighted by Crippen LogP contribution is -2.68. The number of benzene rings is 1. The van der Waals surface area contributed by atoms with Gasteiger partial charge in [-0.2, -0.15) is 0 Å². The van der Waals surface area contributed by atoms with E-state index in [1.165, 1.54) is 50.6 Å². The van der Waals surface area contributed by atoms with E-state index in [0.29, 0.717) is 35.9 Å². The van der Waals surface area contributed by atoms with Crippen LogP contribution in [-0.4, -0.2) is 26.5 Å². The van der Waals surface area contributed by atoms with Crippen LogP contribution in [0.4, 0.5) is 0 Å². The summed E-state index contributed by atoms with van der Waals surface area (Å²) in [5.41, 5.74) is 5.36. The molecule has 0 saturated heterocycles. The summed E-state index contributed by atoms with van der Waals surface area (Å²) in [7, 11) is 0. The Bertz CT molecular complexity index is 2140. The molecule has 8 rings (SSSR count). The maximum Gasteiger partial charge on any atom is 0.309 e. The summed E-state index contributed by atoms with van der Waals surface area (Å²) in [6.07, 6.45) is 14.4. The third kappa shape index (κ3) is 6.65. The number of aromatic nitrogens is 2. The number of carboxylic acids is 1. The molecule has 1 aromatic heterocycles. The van der Waals surface area contributed by atoms with Crippen LogP contribution in [0.25, 0.3) is 5.69 Å². The molecule has 9 unspecified atom stereocenters. The molecule has 336 valence electrons. The minimum Gasteiger partial charge on any atom is -0.495 e. The molecule has 1 N–H and O–H groups in total. The summed E-state index contributed by atoms with van der Waals surface area (Å²) in [5.74, 6) is 2.74. The first-order valence-corrected chi connectivity index (χ1v) is 24.5. The van der Waals surface area contributed by atoms with Gasteiger partial charge in [0.15, 0.2) is 0 Å². The van der Waals surface area contributed by atoms with Crippen LogP contribution in [0.3, 0.4) is 0 Å². The van der Waals surface area contributed by atoms with E-state index in [4.69, 9.17) is 4.74 Å². The molecule has 0 aliphatic heterocycles. The zero-order chi connectivity index (χ0) is 44.5. The van der Waals surface area contributed by atoms with Gasteiger partial charge in [-0.05, 0) is 160 Å². The lowest BCUT2D eigenvalue weighted by Gasteiger charge is -2.75. The van der Waals surface area contributed by atoms with Crippen molar-refractivity contribution in [2.75, 3.05) is 0 Å². The highest BCUT2D eigenvalue weighted by Gasteiger charge is 2.74. The number of aliphatic carboxylic acids is 1. The largest absolute Gasteiger partial charge is 0.495 e. The van der Waals surface area contributed by atoms with E-state index in [2.05, 4.69) is 124 Å². The van der Waals surface area contributed by atoms with Crippen molar-refractivity contribution in [3.8, 4) is 5.69 Å². The average molecular weight is 835 g/mol. The Morgan fingerprint density at radius 3 is 2.15 bits per heavy atom. The number of ether oxygens (including phenoxy) is 1. The Balaban J connectivity index is 1.21. The molecule has 9 atom stereocenters. The number of hydrogen-bond donors (Lipinski definition) is 1. The van der Waals surface area contributed by atoms with Crippen LogP contribution in [0.1, 0.15) is 179 Å². The van der Waals surface area contributed by atoms with Gasteiger partial charge >= 0.3 is 5.97 Å². The highest BCUT2D eigenvalue weighted by atomic mass is 16.5.